The molecule has 0 spiro atoms. The van der Waals surface area contributed by atoms with Crippen LogP contribution in [-0.4, -0.2) is 25.4 Å². The number of carboxylic acid groups (broad SMARTS) is 1. The van der Waals surface area contributed by atoms with Gasteiger partial charge < -0.3 is 5.11 Å². The van der Waals surface area contributed by atoms with E-state index >= 15 is 0 Å². The van der Waals surface area contributed by atoms with Crippen molar-refractivity contribution in [1.82, 2.24) is 14.3 Å². The van der Waals surface area contributed by atoms with Gasteiger partial charge in [-0.25, -0.2) is 18.7 Å². The number of rotatable bonds is 3. The summed E-state index contributed by atoms with van der Waals surface area (Å²) in [6.07, 6.45) is 1.35. The fraction of sp³-hybridized carbons (Fsp3) is 0.182. The number of aromatic carboxylic acids is 1. The van der Waals surface area contributed by atoms with Crippen LogP contribution in [0.15, 0.2) is 29.3 Å². The third kappa shape index (κ3) is 2.15. The van der Waals surface area contributed by atoms with Gasteiger partial charge in [-0.1, -0.05) is 6.07 Å². The number of nitrogens with zero attached hydrogens (tertiary/aromatic N) is 3. The van der Waals surface area contributed by atoms with Crippen molar-refractivity contribution >= 4 is 5.97 Å². The molecule has 0 saturated carbocycles. The molecule has 18 heavy (non-hydrogen) atoms. The monoisotopic (exact) mass is 251 g/mol. The second-order valence-corrected chi connectivity index (χ2v) is 3.80. The number of benzene rings is 1. The third-order valence-corrected chi connectivity index (χ3v) is 2.48. The van der Waals surface area contributed by atoms with Crippen LogP contribution < -0.4 is 5.69 Å². The van der Waals surface area contributed by atoms with Crippen molar-refractivity contribution in [2.24, 2.45) is 7.05 Å². The quantitative estimate of drug-likeness (QED) is 0.860. The summed E-state index contributed by atoms with van der Waals surface area (Å²) in [5.74, 6) is -2.15. The van der Waals surface area contributed by atoms with Crippen LogP contribution in [0.4, 0.5) is 4.39 Å². The molecule has 0 fully saturated rings. The molecule has 1 heterocycles. The largest absolute Gasteiger partial charge is 0.478 e. The van der Waals surface area contributed by atoms with E-state index in [1.807, 2.05) is 0 Å². The number of aryl methyl sites for hydroxylation is 1. The van der Waals surface area contributed by atoms with E-state index in [9.17, 15) is 14.0 Å². The molecule has 6 nitrogen and oxygen atoms in total. The predicted octanol–water partition coefficient (Wildman–Crippen LogP) is 0.467. The van der Waals surface area contributed by atoms with Crippen molar-refractivity contribution in [1.29, 1.82) is 0 Å². The molecule has 7 heteroatoms. The van der Waals surface area contributed by atoms with Gasteiger partial charge in [0, 0.05) is 7.05 Å². The molecular formula is C11H10FN3O3. The van der Waals surface area contributed by atoms with Gasteiger partial charge >= 0.3 is 11.7 Å². The Morgan fingerprint density at radius 2 is 2.22 bits per heavy atom. The molecule has 0 radical (unpaired) electrons. The molecule has 0 atom stereocenters. The first-order valence-electron chi connectivity index (χ1n) is 5.09. The molecule has 0 bridgehead atoms. The van der Waals surface area contributed by atoms with Crippen LogP contribution >= 0.6 is 0 Å². The van der Waals surface area contributed by atoms with Gasteiger partial charge in [0.05, 0.1) is 12.1 Å². The van der Waals surface area contributed by atoms with E-state index in [1.54, 1.807) is 7.05 Å². The van der Waals surface area contributed by atoms with Crippen molar-refractivity contribution < 1.29 is 14.3 Å². The van der Waals surface area contributed by atoms with Crippen molar-refractivity contribution in [2.45, 2.75) is 6.54 Å². The zero-order valence-electron chi connectivity index (χ0n) is 9.50. The summed E-state index contributed by atoms with van der Waals surface area (Å²) in [4.78, 5) is 22.1. The Balaban J connectivity index is 2.31. The zero-order valence-corrected chi connectivity index (χ0v) is 9.50. The average molecular weight is 251 g/mol. The van der Waals surface area contributed by atoms with Crippen molar-refractivity contribution in [3.8, 4) is 0 Å². The van der Waals surface area contributed by atoms with Crippen LogP contribution in [-0.2, 0) is 13.6 Å². The zero-order chi connectivity index (χ0) is 13.3. The smallest absolute Gasteiger partial charge is 0.345 e. The molecule has 0 unspecified atom stereocenters. The summed E-state index contributed by atoms with van der Waals surface area (Å²) in [5, 5.41) is 12.5. The summed E-state index contributed by atoms with van der Waals surface area (Å²) in [6.45, 7) is 0.0937. The molecular weight excluding hydrogens is 241 g/mol. The van der Waals surface area contributed by atoms with Gasteiger partial charge in [0.15, 0.2) is 0 Å². The molecule has 2 rings (SSSR count). The molecule has 0 aliphatic heterocycles. The number of hydrogen-bond donors (Lipinski definition) is 1. The molecule has 1 N–H and O–H groups in total. The van der Waals surface area contributed by atoms with E-state index in [0.717, 1.165) is 10.7 Å². The van der Waals surface area contributed by atoms with Gasteiger partial charge in [-0.15, -0.1) is 0 Å². The maximum absolute atomic E-state index is 13.4. The summed E-state index contributed by atoms with van der Waals surface area (Å²) < 4.78 is 15.9. The SMILES string of the molecule is Cn1cnn(Cc2ccc(C(=O)O)c(F)c2)c1=O. The lowest BCUT2D eigenvalue weighted by Gasteiger charge is -2.03. The minimum atomic E-state index is -1.32. The Bertz CT molecular complexity index is 660. The molecule has 2 aromatic rings. The van der Waals surface area contributed by atoms with Crippen LogP contribution in [0.5, 0.6) is 0 Å². The first kappa shape index (κ1) is 12.0. The molecule has 0 amide bonds. The van der Waals surface area contributed by atoms with E-state index < -0.39 is 17.3 Å². The highest BCUT2D eigenvalue weighted by molar-refractivity contribution is 5.87. The highest BCUT2D eigenvalue weighted by atomic mass is 19.1. The minimum Gasteiger partial charge on any atom is -0.478 e. The van der Waals surface area contributed by atoms with Gasteiger partial charge in [0.25, 0.3) is 0 Å². The molecule has 94 valence electrons. The number of carbonyl (C=O) groups is 1. The van der Waals surface area contributed by atoms with Gasteiger partial charge in [-0.3, -0.25) is 4.57 Å². The highest BCUT2D eigenvalue weighted by Gasteiger charge is 2.11. The van der Waals surface area contributed by atoms with E-state index in [2.05, 4.69) is 5.10 Å². The first-order valence-corrected chi connectivity index (χ1v) is 5.09. The van der Waals surface area contributed by atoms with Gasteiger partial charge in [-0.2, -0.15) is 5.10 Å². The Kier molecular flexibility index (Phi) is 2.97. The number of carboxylic acids is 1. The van der Waals surface area contributed by atoms with Gasteiger partial charge in [0.2, 0.25) is 0 Å². The van der Waals surface area contributed by atoms with Gasteiger partial charge in [0.1, 0.15) is 12.1 Å². The number of hydrogen-bond acceptors (Lipinski definition) is 3. The van der Waals surface area contributed by atoms with Crippen LogP contribution in [0, 0.1) is 5.82 Å². The summed E-state index contributed by atoms with van der Waals surface area (Å²) in [7, 11) is 1.56. The van der Waals surface area contributed by atoms with Crippen LogP contribution in [0.25, 0.3) is 0 Å². The second-order valence-electron chi connectivity index (χ2n) is 3.80. The lowest BCUT2D eigenvalue weighted by atomic mass is 10.1. The van der Waals surface area contributed by atoms with E-state index in [0.29, 0.717) is 5.56 Å². The normalized spacial score (nSPS) is 10.6. The molecule has 0 saturated heterocycles. The van der Waals surface area contributed by atoms with Crippen LogP contribution in [0.1, 0.15) is 15.9 Å². The molecule has 0 aliphatic carbocycles. The summed E-state index contributed by atoms with van der Waals surface area (Å²) in [6, 6.07) is 3.71. The molecule has 1 aromatic heterocycles. The molecule has 0 aliphatic rings. The van der Waals surface area contributed by atoms with Crippen molar-refractivity contribution in [2.75, 3.05) is 0 Å². The minimum absolute atomic E-state index is 0.0937. The van der Waals surface area contributed by atoms with Crippen LogP contribution in [0.3, 0.4) is 0 Å². The fourth-order valence-corrected chi connectivity index (χ4v) is 1.53. The summed E-state index contributed by atoms with van der Waals surface area (Å²) >= 11 is 0. The van der Waals surface area contributed by atoms with Crippen molar-refractivity contribution in [3.05, 3.63) is 52.0 Å². The summed E-state index contributed by atoms with van der Waals surface area (Å²) in [5.41, 5.74) is -0.247. The lowest BCUT2D eigenvalue weighted by molar-refractivity contribution is 0.0692. The Labute approximate surface area is 101 Å². The van der Waals surface area contributed by atoms with Crippen molar-refractivity contribution in [3.63, 3.8) is 0 Å². The Morgan fingerprint density at radius 3 is 2.72 bits per heavy atom. The van der Waals surface area contributed by atoms with Crippen LogP contribution in [0.2, 0.25) is 0 Å². The molecule has 1 aromatic carbocycles. The number of aromatic nitrogens is 3. The van der Waals surface area contributed by atoms with E-state index in [1.165, 1.54) is 23.0 Å². The topological polar surface area (TPSA) is 77.1 Å². The lowest BCUT2D eigenvalue weighted by Crippen LogP contribution is -2.23. The average Bonchev–Trinajstić information content (AvgIpc) is 2.61. The standard InChI is InChI=1S/C11H10FN3O3/c1-14-6-13-15(11(14)18)5-7-2-3-8(10(16)17)9(12)4-7/h2-4,6H,5H2,1H3,(H,16,17). The third-order valence-electron chi connectivity index (χ3n) is 2.48. The maximum Gasteiger partial charge on any atom is 0.345 e. The predicted molar refractivity (Wildman–Crippen MR) is 59.9 cm³/mol. The highest BCUT2D eigenvalue weighted by Crippen LogP contribution is 2.11. The Hall–Kier alpha value is -2.44. The first-order chi connectivity index (χ1) is 8.49. The maximum atomic E-state index is 13.4. The fourth-order valence-electron chi connectivity index (χ4n) is 1.53. The van der Waals surface area contributed by atoms with Gasteiger partial charge in [-0.05, 0) is 17.7 Å². The Morgan fingerprint density at radius 1 is 1.50 bits per heavy atom. The number of halogens is 1. The second kappa shape index (κ2) is 4.44. The van der Waals surface area contributed by atoms with E-state index in [4.69, 9.17) is 5.11 Å². The van der Waals surface area contributed by atoms with E-state index in [-0.39, 0.29) is 12.2 Å².